The zero-order chi connectivity index (χ0) is 14.7. The number of carbonyl (C=O) groups excluding carboxylic acids is 1. The van der Waals surface area contributed by atoms with Gasteiger partial charge in [-0.1, -0.05) is 42.2 Å². The van der Waals surface area contributed by atoms with Gasteiger partial charge >= 0.3 is 5.97 Å². The van der Waals surface area contributed by atoms with Crippen LogP contribution in [0.25, 0.3) is 0 Å². The monoisotopic (exact) mass is 315 g/mol. The van der Waals surface area contributed by atoms with E-state index in [-0.39, 0.29) is 34.3 Å². The van der Waals surface area contributed by atoms with E-state index >= 15 is 0 Å². The van der Waals surface area contributed by atoms with Crippen LogP contribution in [0.15, 0.2) is 16.7 Å². The van der Waals surface area contributed by atoms with Crippen molar-refractivity contribution in [3.63, 3.8) is 0 Å². The summed E-state index contributed by atoms with van der Waals surface area (Å²) in [5.74, 6) is 0.184. The van der Waals surface area contributed by atoms with Gasteiger partial charge in [0.05, 0.1) is 5.02 Å². The molecule has 0 aromatic carbocycles. The number of hydrogen-bond donors (Lipinski definition) is 0. The fourth-order valence-corrected chi connectivity index (χ4v) is 1.65. The Bertz CT molecular complexity index is 628. The van der Waals surface area contributed by atoms with Gasteiger partial charge in [0.1, 0.15) is 5.15 Å². The van der Waals surface area contributed by atoms with Crippen molar-refractivity contribution in [2.45, 2.75) is 26.4 Å². The molecule has 0 saturated carbocycles. The fourth-order valence-electron chi connectivity index (χ4n) is 1.32. The molecular formula is C12H11Cl2N3O3. The summed E-state index contributed by atoms with van der Waals surface area (Å²) in [6, 6.07) is 2.95. The van der Waals surface area contributed by atoms with Crippen molar-refractivity contribution in [2.75, 3.05) is 0 Å². The van der Waals surface area contributed by atoms with Crippen LogP contribution in [-0.2, 0) is 11.3 Å². The molecule has 2 aromatic rings. The third kappa shape index (κ3) is 3.46. The number of halogens is 2. The Hall–Kier alpha value is -1.66. The van der Waals surface area contributed by atoms with Gasteiger partial charge in [-0.3, -0.25) is 0 Å². The topological polar surface area (TPSA) is 78.1 Å². The van der Waals surface area contributed by atoms with E-state index < -0.39 is 5.97 Å². The Balaban J connectivity index is 2.02. The summed E-state index contributed by atoms with van der Waals surface area (Å²) in [5, 5.41) is 4.07. The molecular weight excluding hydrogens is 305 g/mol. The lowest BCUT2D eigenvalue weighted by atomic mass is 10.2. The van der Waals surface area contributed by atoms with E-state index in [0.29, 0.717) is 5.82 Å². The maximum atomic E-state index is 11.8. The normalized spacial score (nSPS) is 10.8. The summed E-state index contributed by atoms with van der Waals surface area (Å²) >= 11 is 11.5. The van der Waals surface area contributed by atoms with Gasteiger partial charge in [0.2, 0.25) is 0 Å². The Kier molecular flexibility index (Phi) is 4.57. The van der Waals surface area contributed by atoms with Crippen LogP contribution in [0.5, 0.6) is 0 Å². The Morgan fingerprint density at radius 3 is 2.75 bits per heavy atom. The predicted molar refractivity (Wildman–Crippen MR) is 71.8 cm³/mol. The molecule has 0 bridgehead atoms. The van der Waals surface area contributed by atoms with Crippen molar-refractivity contribution in [1.82, 2.24) is 15.1 Å². The van der Waals surface area contributed by atoms with Crippen LogP contribution in [0.2, 0.25) is 10.2 Å². The van der Waals surface area contributed by atoms with Crippen LogP contribution in [0, 0.1) is 0 Å². The second-order valence-electron chi connectivity index (χ2n) is 4.24. The molecule has 0 amide bonds. The first-order valence-electron chi connectivity index (χ1n) is 5.79. The summed E-state index contributed by atoms with van der Waals surface area (Å²) < 4.78 is 9.95. The minimum absolute atomic E-state index is 0.0530. The van der Waals surface area contributed by atoms with Gasteiger partial charge in [-0.2, -0.15) is 4.98 Å². The van der Waals surface area contributed by atoms with Crippen molar-refractivity contribution < 1.29 is 14.1 Å². The maximum Gasteiger partial charge on any atom is 0.359 e. The molecule has 0 unspecified atom stereocenters. The molecule has 8 heteroatoms. The van der Waals surface area contributed by atoms with Crippen molar-refractivity contribution in [3.8, 4) is 0 Å². The SMILES string of the molecule is CC(C)c1noc(COC(=O)c2nc(Cl)ccc2Cl)n1. The molecule has 0 N–H and O–H groups in total. The highest BCUT2D eigenvalue weighted by Gasteiger charge is 2.17. The third-order valence-corrected chi connectivity index (χ3v) is 2.85. The van der Waals surface area contributed by atoms with Crippen LogP contribution in [0.4, 0.5) is 0 Å². The molecule has 0 aliphatic rings. The van der Waals surface area contributed by atoms with Gasteiger partial charge in [-0.15, -0.1) is 0 Å². The average molecular weight is 316 g/mol. The van der Waals surface area contributed by atoms with E-state index in [1.165, 1.54) is 12.1 Å². The predicted octanol–water partition coefficient (Wildman–Crippen LogP) is 3.25. The number of nitrogens with zero attached hydrogens (tertiary/aromatic N) is 3. The van der Waals surface area contributed by atoms with E-state index in [2.05, 4.69) is 15.1 Å². The first kappa shape index (κ1) is 14.7. The smallest absolute Gasteiger partial charge is 0.359 e. The van der Waals surface area contributed by atoms with Gasteiger partial charge in [0, 0.05) is 5.92 Å². The summed E-state index contributed by atoms with van der Waals surface area (Å²) in [4.78, 5) is 19.7. The highest BCUT2D eigenvalue weighted by Crippen LogP contribution is 2.18. The molecule has 106 valence electrons. The third-order valence-electron chi connectivity index (χ3n) is 2.33. The number of aromatic nitrogens is 3. The lowest BCUT2D eigenvalue weighted by Gasteiger charge is -2.03. The van der Waals surface area contributed by atoms with Crippen LogP contribution in [0.3, 0.4) is 0 Å². The van der Waals surface area contributed by atoms with Gasteiger partial charge in [-0.25, -0.2) is 9.78 Å². The lowest BCUT2D eigenvalue weighted by molar-refractivity contribution is 0.0423. The molecule has 2 aromatic heterocycles. The molecule has 0 radical (unpaired) electrons. The van der Waals surface area contributed by atoms with Crippen molar-refractivity contribution in [3.05, 3.63) is 39.7 Å². The van der Waals surface area contributed by atoms with Crippen LogP contribution < -0.4 is 0 Å². The first-order valence-corrected chi connectivity index (χ1v) is 6.54. The largest absolute Gasteiger partial charge is 0.451 e. The van der Waals surface area contributed by atoms with Crippen LogP contribution in [0.1, 0.15) is 42.0 Å². The first-order chi connectivity index (χ1) is 9.47. The number of hydrogen-bond acceptors (Lipinski definition) is 6. The molecule has 0 saturated heterocycles. The minimum Gasteiger partial charge on any atom is -0.451 e. The summed E-state index contributed by atoms with van der Waals surface area (Å²) in [6.45, 7) is 3.70. The van der Waals surface area contributed by atoms with Gasteiger partial charge in [0.15, 0.2) is 18.1 Å². The maximum absolute atomic E-state index is 11.8. The summed E-state index contributed by atoms with van der Waals surface area (Å²) in [7, 11) is 0. The number of pyridine rings is 1. The lowest BCUT2D eigenvalue weighted by Crippen LogP contribution is -2.08. The van der Waals surface area contributed by atoms with E-state index in [1.807, 2.05) is 13.8 Å². The Labute approximate surface area is 125 Å². The Morgan fingerprint density at radius 1 is 1.35 bits per heavy atom. The quantitative estimate of drug-likeness (QED) is 0.636. The number of carbonyl (C=O) groups is 1. The van der Waals surface area contributed by atoms with E-state index in [1.54, 1.807) is 0 Å². The molecule has 20 heavy (non-hydrogen) atoms. The Morgan fingerprint density at radius 2 is 2.10 bits per heavy atom. The van der Waals surface area contributed by atoms with Crippen LogP contribution >= 0.6 is 23.2 Å². The van der Waals surface area contributed by atoms with E-state index in [9.17, 15) is 4.79 Å². The number of esters is 1. The molecule has 0 atom stereocenters. The van der Waals surface area contributed by atoms with Crippen molar-refractivity contribution in [1.29, 1.82) is 0 Å². The highest BCUT2D eigenvalue weighted by molar-refractivity contribution is 6.34. The van der Waals surface area contributed by atoms with E-state index in [0.717, 1.165) is 0 Å². The molecule has 0 aliphatic heterocycles. The van der Waals surface area contributed by atoms with Crippen LogP contribution in [-0.4, -0.2) is 21.1 Å². The second kappa shape index (κ2) is 6.19. The average Bonchev–Trinajstić information content (AvgIpc) is 2.88. The summed E-state index contributed by atoms with van der Waals surface area (Å²) in [5.41, 5.74) is -0.0530. The zero-order valence-electron chi connectivity index (χ0n) is 10.8. The molecule has 0 spiro atoms. The number of rotatable bonds is 4. The van der Waals surface area contributed by atoms with E-state index in [4.69, 9.17) is 32.5 Å². The molecule has 0 fully saturated rings. The van der Waals surface area contributed by atoms with Crippen molar-refractivity contribution in [2.24, 2.45) is 0 Å². The second-order valence-corrected chi connectivity index (χ2v) is 5.04. The molecule has 2 rings (SSSR count). The standard InChI is InChI=1S/C12H11Cl2N3O3/c1-6(2)11-16-9(20-17-11)5-19-12(18)10-7(13)3-4-8(14)15-10/h3-4,6H,5H2,1-2H3. The van der Waals surface area contributed by atoms with Gasteiger partial charge in [0.25, 0.3) is 5.89 Å². The molecule has 0 aliphatic carbocycles. The zero-order valence-corrected chi connectivity index (χ0v) is 12.3. The highest BCUT2D eigenvalue weighted by atomic mass is 35.5. The fraction of sp³-hybridized carbons (Fsp3) is 0.333. The van der Waals surface area contributed by atoms with Gasteiger partial charge in [-0.05, 0) is 12.1 Å². The molecule has 2 heterocycles. The minimum atomic E-state index is -0.707. The molecule has 6 nitrogen and oxygen atoms in total. The number of ether oxygens (including phenoxy) is 1. The van der Waals surface area contributed by atoms with Gasteiger partial charge < -0.3 is 9.26 Å². The van der Waals surface area contributed by atoms with Crippen molar-refractivity contribution >= 4 is 29.2 Å². The summed E-state index contributed by atoms with van der Waals surface area (Å²) in [6.07, 6.45) is 0.